The number of carbonyl (C=O) groups excluding carboxylic acids is 2. The highest BCUT2D eigenvalue weighted by Crippen LogP contribution is 2.23. The zero-order valence-electron chi connectivity index (χ0n) is 19.0. The van der Waals surface area contributed by atoms with Crippen LogP contribution in [0.2, 0.25) is 0 Å². The molecule has 3 rings (SSSR count). The Kier molecular flexibility index (Phi) is 9.39. The van der Waals surface area contributed by atoms with Crippen molar-refractivity contribution in [3.8, 4) is 0 Å². The highest BCUT2D eigenvalue weighted by molar-refractivity contribution is 7.99. The van der Waals surface area contributed by atoms with Crippen molar-refractivity contribution in [1.29, 1.82) is 0 Å². The maximum Gasteiger partial charge on any atom is 0.408 e. The van der Waals surface area contributed by atoms with Gasteiger partial charge in [-0.05, 0) is 35.2 Å². The molecule has 33 heavy (non-hydrogen) atoms. The summed E-state index contributed by atoms with van der Waals surface area (Å²) in [4.78, 5) is 26.7. The molecule has 2 N–H and O–H groups in total. The number of anilines is 1. The van der Waals surface area contributed by atoms with Crippen LogP contribution >= 0.6 is 11.8 Å². The number of amides is 2. The number of thioether (sulfide) groups is 1. The zero-order chi connectivity index (χ0) is 23.5. The van der Waals surface area contributed by atoms with E-state index in [2.05, 4.69) is 24.5 Å². The smallest absolute Gasteiger partial charge is 0.408 e. The van der Waals surface area contributed by atoms with Crippen molar-refractivity contribution in [3.63, 3.8) is 0 Å². The van der Waals surface area contributed by atoms with Gasteiger partial charge in [0.15, 0.2) is 0 Å². The van der Waals surface area contributed by atoms with E-state index in [1.165, 1.54) is 0 Å². The lowest BCUT2D eigenvalue weighted by Gasteiger charge is -2.19. The Labute approximate surface area is 199 Å². The molecule has 1 unspecified atom stereocenters. The summed E-state index contributed by atoms with van der Waals surface area (Å²) < 4.78 is 5.34. The molecular weight excluding hydrogens is 432 g/mol. The van der Waals surface area contributed by atoms with E-state index in [1.54, 1.807) is 11.8 Å². The van der Waals surface area contributed by atoms with Gasteiger partial charge < -0.3 is 15.4 Å². The first-order chi connectivity index (χ1) is 16.0. The molecular formula is C27H30N2O3S. The molecule has 0 fully saturated rings. The molecule has 0 aliphatic heterocycles. The Hall–Kier alpha value is -3.25. The average molecular weight is 463 g/mol. The maximum absolute atomic E-state index is 13.1. The first kappa shape index (κ1) is 24.4. The van der Waals surface area contributed by atoms with Crippen molar-refractivity contribution >= 4 is 29.4 Å². The van der Waals surface area contributed by atoms with E-state index >= 15 is 0 Å². The van der Waals surface area contributed by atoms with Gasteiger partial charge in [0.25, 0.3) is 0 Å². The topological polar surface area (TPSA) is 67.4 Å². The third-order valence-corrected chi connectivity index (χ3v) is 6.21. The molecule has 0 saturated heterocycles. The number of carbonyl (C=O) groups is 2. The van der Waals surface area contributed by atoms with Crippen molar-refractivity contribution in [2.75, 3.05) is 11.1 Å². The molecule has 0 radical (unpaired) electrons. The van der Waals surface area contributed by atoms with E-state index in [9.17, 15) is 9.59 Å². The van der Waals surface area contributed by atoms with Gasteiger partial charge in [-0.15, -0.1) is 11.8 Å². The van der Waals surface area contributed by atoms with Gasteiger partial charge in [0, 0.05) is 22.8 Å². The molecule has 3 aromatic rings. The summed E-state index contributed by atoms with van der Waals surface area (Å²) >= 11 is 1.75. The summed E-state index contributed by atoms with van der Waals surface area (Å²) in [5, 5.41) is 5.68. The first-order valence-electron chi connectivity index (χ1n) is 11.0. The van der Waals surface area contributed by atoms with Crippen molar-refractivity contribution in [3.05, 3.63) is 96.1 Å². The van der Waals surface area contributed by atoms with E-state index in [-0.39, 0.29) is 12.5 Å². The van der Waals surface area contributed by atoms with Crippen LogP contribution in [0.1, 0.15) is 25.0 Å². The molecule has 0 aliphatic carbocycles. The van der Waals surface area contributed by atoms with Gasteiger partial charge >= 0.3 is 6.09 Å². The van der Waals surface area contributed by atoms with Crippen molar-refractivity contribution < 1.29 is 14.3 Å². The van der Waals surface area contributed by atoms with Crippen molar-refractivity contribution in [2.45, 2.75) is 37.8 Å². The van der Waals surface area contributed by atoms with Crippen LogP contribution < -0.4 is 10.6 Å². The maximum atomic E-state index is 13.1. The largest absolute Gasteiger partial charge is 0.445 e. The zero-order valence-corrected chi connectivity index (χ0v) is 19.8. The molecule has 2 amide bonds. The molecule has 5 nitrogen and oxygen atoms in total. The van der Waals surface area contributed by atoms with Crippen LogP contribution in [0.25, 0.3) is 0 Å². The lowest BCUT2D eigenvalue weighted by atomic mass is 10.1. The van der Waals surface area contributed by atoms with Gasteiger partial charge in [-0.2, -0.15) is 0 Å². The Bertz CT molecular complexity index is 1030. The predicted octanol–water partition coefficient (Wildman–Crippen LogP) is 5.91. The second kappa shape index (κ2) is 12.7. The summed E-state index contributed by atoms with van der Waals surface area (Å²) in [6.45, 7) is 4.49. The standard InChI is InChI=1S/C27H30N2O3S/c1-20(2)19-33-24-15-9-14-23(17-24)28-26(30)25(16-21-10-5-3-6-11-21)29-27(31)32-18-22-12-7-4-8-13-22/h3-15,17,20,25H,16,18-19H2,1-2H3,(H,28,30)(H,29,31). The van der Waals surface area contributed by atoms with Crippen LogP contribution in [0.15, 0.2) is 89.8 Å². The predicted molar refractivity (Wildman–Crippen MR) is 134 cm³/mol. The third kappa shape index (κ3) is 8.66. The molecule has 0 aromatic heterocycles. The Morgan fingerprint density at radius 2 is 1.55 bits per heavy atom. The quantitative estimate of drug-likeness (QED) is 0.368. The summed E-state index contributed by atoms with van der Waals surface area (Å²) in [6, 6.07) is 26.0. The minimum atomic E-state index is -0.775. The molecule has 0 heterocycles. The fourth-order valence-corrected chi connectivity index (χ4v) is 4.03. The fraction of sp³-hybridized carbons (Fsp3) is 0.259. The fourth-order valence-electron chi connectivity index (χ4n) is 3.12. The van der Waals surface area contributed by atoms with Gasteiger partial charge in [-0.3, -0.25) is 4.79 Å². The lowest BCUT2D eigenvalue weighted by Crippen LogP contribution is -2.45. The summed E-state index contributed by atoms with van der Waals surface area (Å²) in [7, 11) is 0. The van der Waals surface area contributed by atoms with E-state index in [1.807, 2.05) is 84.9 Å². The van der Waals surface area contributed by atoms with Gasteiger partial charge in [0.1, 0.15) is 12.6 Å². The van der Waals surface area contributed by atoms with Crippen LogP contribution in [0, 0.1) is 5.92 Å². The lowest BCUT2D eigenvalue weighted by molar-refractivity contribution is -0.118. The molecule has 172 valence electrons. The Balaban J connectivity index is 1.66. The summed E-state index contributed by atoms with van der Waals surface area (Å²) in [5.41, 5.74) is 2.53. The van der Waals surface area contributed by atoms with Crippen LogP contribution in [0.5, 0.6) is 0 Å². The number of rotatable bonds is 10. The first-order valence-corrected chi connectivity index (χ1v) is 12.0. The van der Waals surface area contributed by atoms with E-state index < -0.39 is 12.1 Å². The number of nitrogens with one attached hydrogen (secondary N) is 2. The van der Waals surface area contributed by atoms with Crippen LogP contribution in [-0.4, -0.2) is 23.8 Å². The third-order valence-electron chi connectivity index (χ3n) is 4.79. The molecule has 0 saturated carbocycles. The number of alkyl carbamates (subject to hydrolysis) is 1. The SMILES string of the molecule is CC(C)CSc1cccc(NC(=O)C(Cc2ccccc2)NC(=O)OCc2ccccc2)c1. The second-order valence-corrected chi connectivity index (χ2v) is 9.26. The van der Waals surface area contributed by atoms with E-state index in [0.717, 1.165) is 21.8 Å². The van der Waals surface area contributed by atoms with E-state index in [0.29, 0.717) is 18.0 Å². The average Bonchev–Trinajstić information content (AvgIpc) is 2.82. The van der Waals surface area contributed by atoms with Crippen LogP contribution in [0.4, 0.5) is 10.5 Å². The number of hydrogen-bond acceptors (Lipinski definition) is 4. The Morgan fingerprint density at radius 1 is 0.879 bits per heavy atom. The van der Waals surface area contributed by atoms with Crippen molar-refractivity contribution in [2.24, 2.45) is 5.92 Å². The molecule has 0 bridgehead atoms. The van der Waals surface area contributed by atoms with Gasteiger partial charge in [-0.1, -0.05) is 80.6 Å². The normalized spacial score (nSPS) is 11.6. The highest BCUT2D eigenvalue weighted by atomic mass is 32.2. The minimum absolute atomic E-state index is 0.140. The second-order valence-electron chi connectivity index (χ2n) is 8.17. The van der Waals surface area contributed by atoms with Crippen molar-refractivity contribution in [1.82, 2.24) is 5.32 Å². The van der Waals surface area contributed by atoms with Crippen LogP contribution in [0.3, 0.4) is 0 Å². The Morgan fingerprint density at radius 3 is 2.21 bits per heavy atom. The number of ether oxygens (including phenoxy) is 1. The summed E-state index contributed by atoms with van der Waals surface area (Å²) in [5.74, 6) is 1.29. The number of hydrogen-bond donors (Lipinski definition) is 2. The van der Waals surface area contributed by atoms with E-state index in [4.69, 9.17) is 4.74 Å². The summed E-state index contributed by atoms with van der Waals surface area (Å²) in [6.07, 6.45) is -0.272. The highest BCUT2D eigenvalue weighted by Gasteiger charge is 2.22. The number of benzene rings is 3. The molecule has 1 atom stereocenters. The molecule has 3 aromatic carbocycles. The van der Waals surface area contributed by atoms with Crippen LogP contribution in [-0.2, 0) is 22.6 Å². The minimum Gasteiger partial charge on any atom is -0.445 e. The van der Waals surface area contributed by atoms with Gasteiger partial charge in [0.05, 0.1) is 0 Å². The molecule has 6 heteroatoms. The van der Waals surface area contributed by atoms with Gasteiger partial charge in [-0.25, -0.2) is 4.79 Å². The molecule has 0 spiro atoms. The molecule has 0 aliphatic rings. The van der Waals surface area contributed by atoms with Gasteiger partial charge in [0.2, 0.25) is 5.91 Å². The monoisotopic (exact) mass is 462 g/mol.